The van der Waals surface area contributed by atoms with Gasteiger partial charge in [0.2, 0.25) is 21.8 Å². The van der Waals surface area contributed by atoms with Crippen LogP contribution < -0.4 is 9.62 Å². The lowest BCUT2D eigenvalue weighted by atomic mass is 10.1. The number of anilines is 1. The van der Waals surface area contributed by atoms with Crippen LogP contribution in [0.4, 0.5) is 5.69 Å². The van der Waals surface area contributed by atoms with Gasteiger partial charge in [0.1, 0.15) is 12.6 Å². The van der Waals surface area contributed by atoms with Crippen molar-refractivity contribution in [3.63, 3.8) is 0 Å². The Bertz CT molecular complexity index is 1160. The van der Waals surface area contributed by atoms with Crippen LogP contribution in [0.2, 0.25) is 20.1 Å². The smallest absolute Gasteiger partial charge is 0.244 e. The molecule has 1 atom stereocenters. The fourth-order valence-corrected chi connectivity index (χ4v) is 4.69. The van der Waals surface area contributed by atoms with Gasteiger partial charge in [0.05, 0.1) is 27.0 Å². The third-order valence-corrected chi connectivity index (χ3v) is 7.33. The maximum absolute atomic E-state index is 13.5. The van der Waals surface area contributed by atoms with E-state index in [1.54, 1.807) is 25.1 Å². The molecule has 0 bridgehead atoms. The van der Waals surface area contributed by atoms with Gasteiger partial charge in [-0.05, 0) is 49.2 Å². The van der Waals surface area contributed by atoms with Crippen LogP contribution in [0.1, 0.15) is 25.8 Å². The van der Waals surface area contributed by atoms with Gasteiger partial charge in [-0.15, -0.1) is 0 Å². The summed E-state index contributed by atoms with van der Waals surface area (Å²) < 4.78 is 26.0. The lowest BCUT2D eigenvalue weighted by Crippen LogP contribution is -2.51. The molecule has 0 spiro atoms. The van der Waals surface area contributed by atoms with Crippen molar-refractivity contribution in [3.05, 3.63) is 62.1 Å². The third-order valence-electron chi connectivity index (χ3n) is 4.91. The number of rotatable bonds is 10. The van der Waals surface area contributed by atoms with E-state index in [1.807, 2.05) is 6.92 Å². The molecule has 0 aliphatic heterocycles. The number of hydrogen-bond acceptors (Lipinski definition) is 4. The van der Waals surface area contributed by atoms with E-state index in [-0.39, 0.29) is 33.2 Å². The summed E-state index contributed by atoms with van der Waals surface area (Å²) >= 11 is 24.4. The highest BCUT2D eigenvalue weighted by Crippen LogP contribution is 2.31. The van der Waals surface area contributed by atoms with Crippen molar-refractivity contribution in [2.75, 3.05) is 23.7 Å². The van der Waals surface area contributed by atoms with Crippen LogP contribution in [0, 0.1) is 0 Å². The number of nitrogens with zero attached hydrogens (tertiary/aromatic N) is 2. The van der Waals surface area contributed by atoms with E-state index < -0.39 is 28.5 Å². The van der Waals surface area contributed by atoms with Gasteiger partial charge in [-0.3, -0.25) is 13.9 Å². The van der Waals surface area contributed by atoms with Gasteiger partial charge in [-0.2, -0.15) is 0 Å². The number of nitrogens with one attached hydrogen (secondary N) is 1. The van der Waals surface area contributed by atoms with Crippen molar-refractivity contribution in [2.24, 2.45) is 0 Å². The lowest BCUT2D eigenvalue weighted by Gasteiger charge is -2.31. The predicted molar refractivity (Wildman–Crippen MR) is 138 cm³/mol. The van der Waals surface area contributed by atoms with Gasteiger partial charge >= 0.3 is 0 Å². The molecule has 0 fully saturated rings. The Kier molecular flexibility index (Phi) is 10.3. The molecule has 7 nitrogen and oxygen atoms in total. The van der Waals surface area contributed by atoms with Crippen LogP contribution in [-0.2, 0) is 26.2 Å². The molecule has 2 aromatic carbocycles. The Hall–Kier alpha value is -1.71. The summed E-state index contributed by atoms with van der Waals surface area (Å²) in [6, 6.07) is 8.25. The first-order valence-electron chi connectivity index (χ1n) is 10.3. The third kappa shape index (κ3) is 7.65. The average molecular weight is 569 g/mol. The molecule has 34 heavy (non-hydrogen) atoms. The van der Waals surface area contributed by atoms with E-state index in [9.17, 15) is 18.0 Å². The normalized spacial score (nSPS) is 12.2. The average Bonchev–Trinajstić information content (AvgIpc) is 2.76. The summed E-state index contributed by atoms with van der Waals surface area (Å²) in [7, 11) is -3.93. The first kappa shape index (κ1) is 28.5. The molecular weight excluding hydrogens is 544 g/mol. The summed E-state index contributed by atoms with van der Waals surface area (Å²) in [5, 5.41) is 3.74. The Morgan fingerprint density at radius 2 is 1.65 bits per heavy atom. The van der Waals surface area contributed by atoms with Crippen molar-refractivity contribution in [1.29, 1.82) is 0 Å². The van der Waals surface area contributed by atoms with Crippen LogP contribution in [-0.4, -0.2) is 50.5 Å². The van der Waals surface area contributed by atoms with Crippen LogP contribution in [0.25, 0.3) is 0 Å². The molecule has 0 radical (unpaired) electrons. The van der Waals surface area contributed by atoms with E-state index in [4.69, 9.17) is 46.4 Å². The topological polar surface area (TPSA) is 86.8 Å². The molecule has 0 saturated carbocycles. The standard InChI is InChI=1S/C22H25Cl4N3O4S/c1-4-9-27-22(31)14(2)28(12-15-5-7-17(24)19(26)10-15)21(30)13-29(34(3,32)33)20-11-16(23)6-8-18(20)25/h5-8,10-11,14H,4,9,12-13H2,1-3H3,(H,27,31)/t14-/m0/s1. The first-order valence-corrected chi connectivity index (χ1v) is 13.6. The molecule has 2 aromatic rings. The van der Waals surface area contributed by atoms with E-state index in [0.29, 0.717) is 23.6 Å². The van der Waals surface area contributed by atoms with Crippen molar-refractivity contribution in [3.8, 4) is 0 Å². The van der Waals surface area contributed by atoms with Crippen LogP contribution in [0.3, 0.4) is 0 Å². The second-order valence-corrected chi connectivity index (χ2v) is 11.2. The molecule has 1 N–H and O–H groups in total. The largest absolute Gasteiger partial charge is 0.354 e. The highest BCUT2D eigenvalue weighted by molar-refractivity contribution is 7.92. The zero-order valence-electron chi connectivity index (χ0n) is 18.8. The number of benzene rings is 2. The van der Waals surface area contributed by atoms with Gasteiger partial charge in [0, 0.05) is 18.1 Å². The number of halogens is 4. The molecule has 0 aliphatic rings. The second kappa shape index (κ2) is 12.3. The van der Waals surface area contributed by atoms with Gasteiger partial charge in [0.15, 0.2) is 0 Å². The summed E-state index contributed by atoms with van der Waals surface area (Å²) in [5.74, 6) is -0.992. The molecule has 0 heterocycles. The highest BCUT2D eigenvalue weighted by Gasteiger charge is 2.31. The quantitative estimate of drug-likeness (QED) is 0.436. The molecule has 2 rings (SSSR count). The van der Waals surface area contributed by atoms with Crippen molar-refractivity contribution in [1.82, 2.24) is 10.2 Å². The van der Waals surface area contributed by atoms with E-state index in [0.717, 1.165) is 10.6 Å². The van der Waals surface area contributed by atoms with Crippen molar-refractivity contribution >= 4 is 73.9 Å². The van der Waals surface area contributed by atoms with E-state index >= 15 is 0 Å². The van der Waals surface area contributed by atoms with Gasteiger partial charge in [-0.1, -0.05) is 59.4 Å². The van der Waals surface area contributed by atoms with Gasteiger partial charge in [-0.25, -0.2) is 8.42 Å². The monoisotopic (exact) mass is 567 g/mol. The van der Waals surface area contributed by atoms with Crippen LogP contribution in [0.5, 0.6) is 0 Å². The SMILES string of the molecule is CCCNC(=O)[C@H](C)N(Cc1ccc(Cl)c(Cl)c1)C(=O)CN(c1cc(Cl)ccc1Cl)S(C)(=O)=O. The van der Waals surface area contributed by atoms with Crippen LogP contribution in [0.15, 0.2) is 36.4 Å². The van der Waals surface area contributed by atoms with Crippen molar-refractivity contribution in [2.45, 2.75) is 32.9 Å². The summed E-state index contributed by atoms with van der Waals surface area (Å²) in [5.41, 5.74) is 0.673. The number of sulfonamides is 1. The fourth-order valence-electron chi connectivity index (χ4n) is 3.08. The predicted octanol–water partition coefficient (Wildman–Crippen LogP) is 5.01. The molecule has 186 valence electrons. The zero-order valence-corrected chi connectivity index (χ0v) is 22.7. The number of hydrogen-bond donors (Lipinski definition) is 1. The molecule has 2 amide bonds. The molecule has 0 saturated heterocycles. The molecule has 0 aliphatic carbocycles. The Morgan fingerprint density at radius 3 is 2.24 bits per heavy atom. The van der Waals surface area contributed by atoms with Gasteiger partial charge < -0.3 is 10.2 Å². The van der Waals surface area contributed by atoms with Gasteiger partial charge in [0.25, 0.3) is 0 Å². The Morgan fingerprint density at radius 1 is 1.00 bits per heavy atom. The summed E-state index contributed by atoms with van der Waals surface area (Å²) in [6.07, 6.45) is 1.67. The Balaban J connectivity index is 2.44. The Labute approximate surface area is 220 Å². The minimum Gasteiger partial charge on any atom is -0.354 e. The van der Waals surface area contributed by atoms with Crippen LogP contribution >= 0.6 is 46.4 Å². The van der Waals surface area contributed by atoms with E-state index in [1.165, 1.54) is 23.1 Å². The molecule has 0 aromatic heterocycles. The first-order chi connectivity index (χ1) is 15.8. The minimum absolute atomic E-state index is 0.00266. The maximum atomic E-state index is 13.5. The molecular formula is C22H25Cl4N3O4S. The number of amides is 2. The molecule has 0 unspecified atom stereocenters. The maximum Gasteiger partial charge on any atom is 0.244 e. The summed E-state index contributed by atoms with van der Waals surface area (Å²) in [4.78, 5) is 27.4. The number of carbonyl (C=O) groups excluding carboxylic acids is 2. The highest BCUT2D eigenvalue weighted by atomic mass is 35.5. The lowest BCUT2D eigenvalue weighted by molar-refractivity contribution is -0.139. The number of carbonyl (C=O) groups is 2. The molecule has 12 heteroatoms. The minimum atomic E-state index is -3.93. The zero-order chi connectivity index (χ0) is 25.6. The summed E-state index contributed by atoms with van der Waals surface area (Å²) in [6.45, 7) is 3.31. The second-order valence-electron chi connectivity index (χ2n) is 7.60. The van der Waals surface area contributed by atoms with Crippen molar-refractivity contribution < 1.29 is 18.0 Å². The fraction of sp³-hybridized carbons (Fsp3) is 0.364. The van der Waals surface area contributed by atoms with E-state index in [2.05, 4.69) is 5.32 Å².